The largest absolute Gasteiger partial charge is 0.508 e. The molecule has 9 rings (SSSR count). The number of morpholine rings is 1. The van der Waals surface area contributed by atoms with Crippen molar-refractivity contribution in [3.63, 3.8) is 0 Å². The van der Waals surface area contributed by atoms with E-state index >= 15 is 14.4 Å². The number of hydrogen-bond donors (Lipinski definition) is 4. The third kappa shape index (κ3) is 8.11. The number of aliphatic hydroxyl groups is 2. The minimum atomic E-state index is -2.18. The fraction of sp³-hybridized carbons (Fsp3) is 0.208. The Balaban J connectivity index is 1.28. The Bertz CT molecular complexity index is 2930. The zero-order valence-electron chi connectivity index (χ0n) is 36.3. The number of nitrogens with one attached hydrogen (secondary N) is 1. The van der Waals surface area contributed by atoms with E-state index in [0.29, 0.717) is 33.4 Å². The second-order valence-electron chi connectivity index (χ2n) is 16.7. The maximum Gasteiger partial charge on any atom is 0.421 e. The van der Waals surface area contributed by atoms with Crippen LogP contribution < -0.4 is 10.2 Å². The van der Waals surface area contributed by atoms with Crippen molar-refractivity contribution in [1.29, 1.82) is 0 Å². The summed E-state index contributed by atoms with van der Waals surface area (Å²) in [6, 6.07) is 39.4. The van der Waals surface area contributed by atoms with Crippen molar-refractivity contribution in [3.8, 4) is 17.6 Å². The maximum atomic E-state index is 16.3. The van der Waals surface area contributed by atoms with E-state index in [2.05, 4.69) is 17.2 Å². The number of nitrogens with zero attached hydrogens (tertiary/aromatic N) is 3. The Morgan fingerprint density at radius 2 is 1.47 bits per heavy atom. The van der Waals surface area contributed by atoms with Crippen LogP contribution in [0.1, 0.15) is 69.7 Å². The lowest BCUT2D eigenvalue weighted by Crippen LogP contribution is -2.56. The van der Waals surface area contributed by atoms with Gasteiger partial charge in [-0.3, -0.25) is 29.4 Å². The first-order valence-corrected chi connectivity index (χ1v) is 21.9. The van der Waals surface area contributed by atoms with Gasteiger partial charge in [0.15, 0.2) is 0 Å². The molecule has 0 unspecified atom stereocenters. The van der Waals surface area contributed by atoms with E-state index in [1.165, 1.54) is 42.5 Å². The molecule has 6 aromatic carbocycles. The minimum Gasteiger partial charge on any atom is -0.508 e. The van der Waals surface area contributed by atoms with Gasteiger partial charge in [0.25, 0.3) is 5.69 Å². The molecule has 6 aromatic rings. The van der Waals surface area contributed by atoms with Crippen LogP contribution in [0, 0.1) is 27.9 Å². The molecule has 3 aliphatic rings. The third-order valence-electron chi connectivity index (χ3n) is 12.8. The summed E-state index contributed by atoms with van der Waals surface area (Å²) in [4.78, 5) is 75.3. The molecule has 0 aliphatic carbocycles. The van der Waals surface area contributed by atoms with E-state index in [4.69, 9.17) is 9.47 Å². The van der Waals surface area contributed by atoms with Crippen LogP contribution in [-0.2, 0) is 35.9 Å². The second kappa shape index (κ2) is 19.0. The fourth-order valence-corrected chi connectivity index (χ4v) is 9.87. The van der Waals surface area contributed by atoms with Gasteiger partial charge in [0.1, 0.15) is 29.9 Å². The lowest BCUT2D eigenvalue weighted by molar-refractivity contribution is -0.384. The number of imide groups is 1. The van der Waals surface area contributed by atoms with Gasteiger partial charge < -0.3 is 30.1 Å². The SMILES string of the molecule is O=C1O[C@@H](c2ccccc2)[C@@H](c2ccccc2)N2[C@@H](c3ccc(O)cc3)[C@]3(C(=O)N(C(=O)OCc4ccc([N+](=O)[O-])cc4)c4ccc(C#CCCO)cc43)[C@@H](C(=O)NC[C@H](O)c3ccccc3)[C@H]12. The molecule has 68 heavy (non-hydrogen) atoms. The first kappa shape index (κ1) is 45.0. The zero-order valence-corrected chi connectivity index (χ0v) is 36.3. The van der Waals surface area contributed by atoms with E-state index < -0.39 is 77.1 Å². The van der Waals surface area contributed by atoms with Crippen LogP contribution in [0.2, 0.25) is 0 Å². The number of aliphatic hydroxyl groups excluding tert-OH is 2. The van der Waals surface area contributed by atoms with E-state index in [-0.39, 0.29) is 42.3 Å². The summed E-state index contributed by atoms with van der Waals surface area (Å²) in [6.45, 7) is -0.951. The molecule has 342 valence electrons. The van der Waals surface area contributed by atoms with E-state index in [1.54, 1.807) is 54.6 Å². The predicted octanol–water partition coefficient (Wildman–Crippen LogP) is 6.89. The highest BCUT2D eigenvalue weighted by molar-refractivity contribution is 6.23. The van der Waals surface area contributed by atoms with E-state index in [9.17, 15) is 30.2 Å². The first-order chi connectivity index (χ1) is 33.0. The third-order valence-corrected chi connectivity index (χ3v) is 12.8. The number of phenols is 1. The number of nitro benzene ring substituents is 1. The summed E-state index contributed by atoms with van der Waals surface area (Å²) in [5.41, 5.74) is 0.767. The number of ether oxygens (including phenoxy) is 2. The molecule has 3 aliphatic heterocycles. The molecule has 1 spiro atoms. The number of cyclic esters (lactones) is 1. The molecule has 3 heterocycles. The van der Waals surface area contributed by atoms with Crippen molar-refractivity contribution in [2.75, 3.05) is 18.1 Å². The van der Waals surface area contributed by atoms with Crippen LogP contribution >= 0.6 is 0 Å². The van der Waals surface area contributed by atoms with Crippen molar-refractivity contribution in [1.82, 2.24) is 10.2 Å². The van der Waals surface area contributed by atoms with Crippen LogP contribution in [0.25, 0.3) is 0 Å². The molecule has 0 saturated carbocycles. The van der Waals surface area contributed by atoms with Gasteiger partial charge >= 0.3 is 12.1 Å². The number of rotatable bonds is 11. The quantitative estimate of drug-likeness (QED) is 0.0454. The molecule has 7 atom stereocenters. The van der Waals surface area contributed by atoms with Gasteiger partial charge in [-0.25, -0.2) is 9.69 Å². The number of benzene rings is 6. The number of nitro groups is 1. The number of amides is 3. The number of non-ortho nitro benzene ring substituents is 1. The molecule has 0 aromatic heterocycles. The Labute approximate surface area is 390 Å². The maximum absolute atomic E-state index is 16.3. The normalized spacial score (nSPS) is 22.0. The molecule has 15 heteroatoms. The Kier molecular flexibility index (Phi) is 12.6. The van der Waals surface area contributed by atoms with Gasteiger partial charge in [-0.15, -0.1) is 0 Å². The van der Waals surface area contributed by atoms with Gasteiger partial charge in [0, 0.05) is 30.7 Å². The summed E-state index contributed by atoms with van der Waals surface area (Å²) in [5.74, 6) is 1.58. The van der Waals surface area contributed by atoms with Crippen LogP contribution in [-0.4, -0.2) is 68.2 Å². The first-order valence-electron chi connectivity index (χ1n) is 21.9. The number of hydrogen-bond acceptors (Lipinski definition) is 12. The topological polar surface area (TPSA) is 209 Å². The lowest BCUT2D eigenvalue weighted by Gasteiger charge is -2.46. The Morgan fingerprint density at radius 1 is 0.824 bits per heavy atom. The molecule has 3 amide bonds. The van der Waals surface area contributed by atoms with E-state index in [1.807, 2.05) is 65.6 Å². The highest BCUT2D eigenvalue weighted by atomic mass is 16.6. The Hall–Kier alpha value is -8.16. The molecule has 0 bridgehead atoms. The van der Waals surface area contributed by atoms with Gasteiger partial charge in [0.2, 0.25) is 11.8 Å². The van der Waals surface area contributed by atoms with Crippen molar-refractivity contribution in [2.24, 2.45) is 5.92 Å². The van der Waals surface area contributed by atoms with Crippen LogP contribution in [0.15, 0.2) is 158 Å². The Morgan fingerprint density at radius 3 is 2.12 bits per heavy atom. The van der Waals surface area contributed by atoms with Gasteiger partial charge in [-0.05, 0) is 75.8 Å². The molecule has 15 nitrogen and oxygen atoms in total. The average molecular weight is 913 g/mol. The zero-order chi connectivity index (χ0) is 47.5. The summed E-state index contributed by atoms with van der Waals surface area (Å²) in [6.07, 6.45) is -3.21. The monoisotopic (exact) mass is 912 g/mol. The number of phenolic OH excluding ortho intramolecular Hbond substituents is 1. The average Bonchev–Trinajstić information content (AvgIpc) is 3.82. The standard InChI is InChI=1S/C53H44N4O11/c58-29-11-10-12-33-21-28-42-41(30-33)53(51(63)55(42)52(64)67-32-34-19-24-39(25-20-34)57(65)66)44(49(61)54-31-43(60)35-13-4-1-5-14-35)46-50(62)68-47(37-17-8-3-9-18-37)45(36-15-6-2-7-16-36)56(46)48(53)38-22-26-40(59)27-23-38/h1-9,13-28,30,43-48,58-60H,11,29,31-32H2,(H,54,61)/t43-,44+,45+,46+,47-,48-,53+/m0/s1. The number of carbonyl (C=O) groups is 4. The number of anilines is 1. The van der Waals surface area contributed by atoms with Crippen molar-refractivity contribution in [3.05, 3.63) is 207 Å². The number of aromatic hydroxyl groups is 1. The predicted molar refractivity (Wildman–Crippen MR) is 246 cm³/mol. The molecule has 2 saturated heterocycles. The summed E-state index contributed by atoms with van der Waals surface area (Å²) in [7, 11) is 0. The van der Waals surface area contributed by atoms with Crippen molar-refractivity contribution in [2.45, 2.75) is 48.8 Å². The molecule has 4 N–H and O–H groups in total. The van der Waals surface area contributed by atoms with E-state index in [0.717, 1.165) is 4.90 Å². The van der Waals surface area contributed by atoms with Gasteiger partial charge in [-0.2, -0.15) is 0 Å². The summed E-state index contributed by atoms with van der Waals surface area (Å²) in [5, 5.41) is 45.9. The van der Waals surface area contributed by atoms with Crippen molar-refractivity contribution < 1.29 is 48.9 Å². The van der Waals surface area contributed by atoms with Crippen LogP contribution in [0.4, 0.5) is 16.2 Å². The highest BCUT2D eigenvalue weighted by Gasteiger charge is 2.75. The highest BCUT2D eigenvalue weighted by Crippen LogP contribution is 2.66. The molecule has 2 fully saturated rings. The fourth-order valence-electron chi connectivity index (χ4n) is 9.87. The van der Waals surface area contributed by atoms with Crippen molar-refractivity contribution >= 4 is 35.3 Å². The number of esters is 1. The lowest BCUT2D eigenvalue weighted by atomic mass is 9.65. The van der Waals surface area contributed by atoms with Crippen LogP contribution in [0.3, 0.4) is 0 Å². The number of carbonyl (C=O) groups excluding carboxylic acids is 4. The molecular formula is C53H44N4O11. The minimum absolute atomic E-state index is 0.0337. The molecule has 0 radical (unpaired) electrons. The summed E-state index contributed by atoms with van der Waals surface area (Å²) < 4.78 is 12.3. The summed E-state index contributed by atoms with van der Waals surface area (Å²) >= 11 is 0. The molecular weight excluding hydrogens is 869 g/mol. The number of fused-ring (bicyclic) bond motifs is 3. The van der Waals surface area contributed by atoms with Gasteiger partial charge in [0.05, 0.1) is 41.3 Å². The smallest absolute Gasteiger partial charge is 0.421 e. The van der Waals surface area contributed by atoms with Gasteiger partial charge in [-0.1, -0.05) is 115 Å². The van der Waals surface area contributed by atoms with Crippen LogP contribution in [0.5, 0.6) is 5.75 Å². The second-order valence-corrected chi connectivity index (χ2v) is 16.7.